The topological polar surface area (TPSA) is 84.7 Å². The monoisotopic (exact) mass is 720 g/mol. The minimum Gasteiger partial charge on any atom is -0.444 e. The third-order valence-electron chi connectivity index (χ3n) is 8.54. The third-order valence-corrected chi connectivity index (χ3v) is 9.42. The standard InChI is InChI=1S/C39H43F3N4O4S/c1-8-25-11-10-12-26(9-2)33(25)46-32(21-24(3)4)29(35(47)44-17-19-45(20-18-44)37(49)50-38(5,6)7)22-30(36(46)48)34-43-31(23-51-34)27-13-15-28(16-14-27)39(40,41)42/h10-16,21-23H,8-9,17-20H2,1-7H3. The summed E-state index contributed by atoms with van der Waals surface area (Å²) in [6, 6.07) is 12.2. The number of para-hydroxylation sites is 1. The first-order chi connectivity index (χ1) is 24.0. The number of aromatic nitrogens is 2. The third kappa shape index (κ3) is 8.27. The Hall–Kier alpha value is -4.71. The molecule has 1 aliphatic rings. The zero-order valence-electron chi connectivity index (χ0n) is 30.0. The molecule has 4 aromatic rings. The van der Waals surface area contributed by atoms with Crippen LogP contribution in [-0.2, 0) is 23.8 Å². The number of hydrogen-bond acceptors (Lipinski definition) is 6. The first kappa shape index (κ1) is 37.5. The molecule has 0 atom stereocenters. The molecule has 2 aromatic heterocycles. The molecule has 51 heavy (non-hydrogen) atoms. The van der Waals surface area contributed by atoms with E-state index in [1.807, 2.05) is 52.0 Å². The van der Waals surface area contributed by atoms with Crippen molar-refractivity contribution in [2.45, 2.75) is 73.1 Å². The predicted octanol–water partition coefficient (Wildman–Crippen LogP) is 8.89. The zero-order valence-corrected chi connectivity index (χ0v) is 30.8. The van der Waals surface area contributed by atoms with Crippen molar-refractivity contribution in [3.8, 4) is 27.5 Å². The maximum Gasteiger partial charge on any atom is 0.416 e. The summed E-state index contributed by atoms with van der Waals surface area (Å²) >= 11 is 1.18. The molecule has 0 N–H and O–H groups in total. The van der Waals surface area contributed by atoms with E-state index in [1.165, 1.54) is 23.5 Å². The molecular weight excluding hydrogens is 678 g/mol. The summed E-state index contributed by atoms with van der Waals surface area (Å²) in [6.45, 7) is 14.3. The Balaban J connectivity index is 1.67. The van der Waals surface area contributed by atoms with Gasteiger partial charge in [0.05, 0.1) is 33.8 Å². The zero-order chi connectivity index (χ0) is 37.2. The van der Waals surface area contributed by atoms with Crippen LogP contribution in [0.2, 0.25) is 0 Å². The van der Waals surface area contributed by atoms with Crippen molar-refractivity contribution >= 4 is 29.4 Å². The molecule has 270 valence electrons. The van der Waals surface area contributed by atoms with Crippen LogP contribution in [0.5, 0.6) is 0 Å². The van der Waals surface area contributed by atoms with Crippen molar-refractivity contribution in [1.29, 1.82) is 0 Å². The van der Waals surface area contributed by atoms with Gasteiger partial charge < -0.3 is 14.5 Å². The number of carbonyl (C=O) groups excluding carboxylic acids is 2. The van der Waals surface area contributed by atoms with Crippen LogP contribution in [0.1, 0.15) is 81.2 Å². The van der Waals surface area contributed by atoms with Crippen LogP contribution in [0.25, 0.3) is 33.6 Å². The van der Waals surface area contributed by atoms with Crippen LogP contribution in [0, 0.1) is 0 Å². The summed E-state index contributed by atoms with van der Waals surface area (Å²) in [5, 5.41) is 2.03. The van der Waals surface area contributed by atoms with Crippen LogP contribution in [0.15, 0.2) is 64.3 Å². The number of rotatable bonds is 7. The van der Waals surface area contributed by atoms with E-state index in [0.29, 0.717) is 46.1 Å². The number of allylic oxidation sites excluding steroid dienone is 1. The molecule has 0 bridgehead atoms. The quantitative estimate of drug-likeness (QED) is 0.191. The Kier molecular flexibility index (Phi) is 10.9. The van der Waals surface area contributed by atoms with Gasteiger partial charge in [-0.3, -0.25) is 14.2 Å². The van der Waals surface area contributed by atoms with E-state index in [1.54, 1.807) is 46.6 Å². The van der Waals surface area contributed by atoms with Gasteiger partial charge in [0.15, 0.2) is 0 Å². The van der Waals surface area contributed by atoms with Gasteiger partial charge in [0, 0.05) is 37.1 Å². The second-order valence-corrected chi connectivity index (χ2v) is 14.6. The Morgan fingerprint density at radius 2 is 1.51 bits per heavy atom. The number of hydrogen-bond donors (Lipinski definition) is 0. The smallest absolute Gasteiger partial charge is 0.416 e. The van der Waals surface area contributed by atoms with E-state index >= 15 is 0 Å². The lowest BCUT2D eigenvalue weighted by Gasteiger charge is -2.36. The first-order valence-electron chi connectivity index (χ1n) is 17.0. The number of alkyl halides is 3. The molecule has 0 spiro atoms. The molecule has 0 aliphatic carbocycles. The average Bonchev–Trinajstić information content (AvgIpc) is 3.57. The second kappa shape index (κ2) is 14.9. The van der Waals surface area contributed by atoms with Gasteiger partial charge in [-0.15, -0.1) is 11.3 Å². The van der Waals surface area contributed by atoms with Crippen LogP contribution >= 0.6 is 11.3 Å². The molecule has 2 amide bonds. The summed E-state index contributed by atoms with van der Waals surface area (Å²) in [4.78, 5) is 50.1. The number of benzene rings is 2. The van der Waals surface area contributed by atoms with E-state index in [0.717, 1.165) is 28.8 Å². The summed E-state index contributed by atoms with van der Waals surface area (Å²) in [6.07, 6.45) is -1.79. The lowest BCUT2D eigenvalue weighted by Crippen LogP contribution is -2.51. The molecule has 3 heterocycles. The van der Waals surface area contributed by atoms with Crippen molar-refractivity contribution in [2.75, 3.05) is 26.2 Å². The normalized spacial score (nSPS) is 13.7. The lowest BCUT2D eigenvalue weighted by atomic mass is 9.99. The predicted molar refractivity (Wildman–Crippen MR) is 195 cm³/mol. The largest absolute Gasteiger partial charge is 0.444 e. The minimum atomic E-state index is -4.47. The number of ether oxygens (including phenoxy) is 1. The van der Waals surface area contributed by atoms with Gasteiger partial charge in [-0.1, -0.05) is 49.8 Å². The van der Waals surface area contributed by atoms with Crippen LogP contribution in [0.3, 0.4) is 0 Å². The number of pyridine rings is 1. The first-order valence-corrected chi connectivity index (χ1v) is 17.9. The van der Waals surface area contributed by atoms with Crippen LogP contribution in [-0.4, -0.2) is 63.1 Å². The molecule has 2 aromatic carbocycles. The summed E-state index contributed by atoms with van der Waals surface area (Å²) in [5.41, 5.74) is 3.51. The number of thiazole rings is 1. The highest BCUT2D eigenvalue weighted by Gasteiger charge is 2.32. The Labute approximate surface area is 300 Å². The molecule has 1 fully saturated rings. The van der Waals surface area contributed by atoms with Gasteiger partial charge in [-0.25, -0.2) is 9.78 Å². The number of nitrogens with zero attached hydrogens (tertiary/aromatic N) is 4. The van der Waals surface area contributed by atoms with Crippen molar-refractivity contribution in [3.05, 3.63) is 97.8 Å². The van der Waals surface area contributed by atoms with Crippen molar-refractivity contribution in [1.82, 2.24) is 19.4 Å². The van der Waals surface area contributed by atoms with E-state index < -0.39 is 23.4 Å². The Morgan fingerprint density at radius 3 is 2.04 bits per heavy atom. The number of carbonyl (C=O) groups is 2. The van der Waals surface area contributed by atoms with Gasteiger partial charge in [0.1, 0.15) is 10.6 Å². The highest BCUT2D eigenvalue weighted by atomic mass is 32.1. The number of halogens is 3. The summed E-state index contributed by atoms with van der Waals surface area (Å²) in [7, 11) is 0. The van der Waals surface area contributed by atoms with Gasteiger partial charge >= 0.3 is 12.3 Å². The van der Waals surface area contributed by atoms with E-state index in [2.05, 4.69) is 0 Å². The SMILES string of the molecule is CCc1cccc(CC)c1-n1c(C=C(C)C)c(C(=O)N2CCN(C(=O)OC(C)(C)C)CC2)cc(-c2nc(-c3ccc(C(F)(F)F)cc3)cs2)c1=O. The Morgan fingerprint density at radius 1 is 0.922 bits per heavy atom. The van der Waals surface area contributed by atoms with E-state index in [4.69, 9.17) is 9.72 Å². The molecule has 5 rings (SSSR count). The van der Waals surface area contributed by atoms with Gasteiger partial charge in [0.2, 0.25) is 0 Å². The highest BCUT2D eigenvalue weighted by molar-refractivity contribution is 7.13. The highest BCUT2D eigenvalue weighted by Crippen LogP contribution is 2.34. The molecule has 1 aliphatic heterocycles. The van der Waals surface area contributed by atoms with Gasteiger partial charge in [0.25, 0.3) is 11.5 Å². The lowest BCUT2D eigenvalue weighted by molar-refractivity contribution is -0.137. The fourth-order valence-corrected chi connectivity index (χ4v) is 6.88. The molecule has 12 heteroatoms. The maximum atomic E-state index is 14.8. The van der Waals surface area contributed by atoms with Gasteiger partial charge in [-0.05, 0) is 82.9 Å². The molecule has 8 nitrogen and oxygen atoms in total. The molecule has 0 saturated carbocycles. The van der Waals surface area contributed by atoms with Crippen molar-refractivity contribution in [3.63, 3.8) is 0 Å². The van der Waals surface area contributed by atoms with Crippen LogP contribution < -0.4 is 5.56 Å². The molecule has 0 unspecified atom stereocenters. The summed E-state index contributed by atoms with van der Waals surface area (Å²) < 4.78 is 46.9. The molecule has 1 saturated heterocycles. The number of aryl methyl sites for hydroxylation is 2. The number of piperazine rings is 1. The van der Waals surface area contributed by atoms with E-state index in [-0.39, 0.29) is 43.2 Å². The fraction of sp³-hybridized carbons (Fsp3) is 0.385. The van der Waals surface area contributed by atoms with Crippen LogP contribution in [0.4, 0.5) is 18.0 Å². The van der Waals surface area contributed by atoms with Crippen molar-refractivity contribution in [2.24, 2.45) is 0 Å². The fourth-order valence-electron chi connectivity index (χ4n) is 6.04. The summed E-state index contributed by atoms with van der Waals surface area (Å²) in [5.74, 6) is -0.298. The van der Waals surface area contributed by atoms with E-state index in [9.17, 15) is 27.6 Å². The minimum absolute atomic E-state index is 0.202. The average molecular weight is 721 g/mol. The second-order valence-electron chi connectivity index (χ2n) is 13.7. The molecular formula is C39H43F3N4O4S. The number of amides is 2. The maximum absolute atomic E-state index is 14.8. The van der Waals surface area contributed by atoms with Gasteiger partial charge in [-0.2, -0.15) is 13.2 Å². The Bertz CT molecular complexity index is 1990. The van der Waals surface area contributed by atoms with Crippen molar-refractivity contribution < 1.29 is 27.5 Å². The molecule has 0 radical (unpaired) electrons.